The first-order valence-corrected chi connectivity index (χ1v) is 6.85. The molecule has 0 radical (unpaired) electrons. The van der Waals surface area contributed by atoms with Crippen LogP contribution >= 0.6 is 0 Å². The largest absolute Gasteiger partial charge is 0.375 e. The second-order valence-electron chi connectivity index (χ2n) is 5.62. The summed E-state index contributed by atoms with van der Waals surface area (Å²) in [6.45, 7) is 2.70. The fourth-order valence-corrected chi connectivity index (χ4v) is 2.15. The van der Waals surface area contributed by atoms with Gasteiger partial charge in [-0.1, -0.05) is 18.2 Å². The summed E-state index contributed by atoms with van der Waals surface area (Å²) in [5.41, 5.74) is 6.10. The van der Waals surface area contributed by atoms with Crippen molar-refractivity contribution in [3.63, 3.8) is 0 Å². The molecule has 2 rings (SSSR count). The molecule has 1 aliphatic rings. The molecule has 1 atom stereocenters. The second-order valence-corrected chi connectivity index (χ2v) is 5.62. The van der Waals surface area contributed by atoms with Crippen molar-refractivity contribution >= 4 is 11.6 Å². The van der Waals surface area contributed by atoms with Crippen LogP contribution in [-0.2, 0) is 4.79 Å². The fourth-order valence-electron chi connectivity index (χ4n) is 2.15. The van der Waals surface area contributed by atoms with Crippen LogP contribution in [-0.4, -0.2) is 31.1 Å². The van der Waals surface area contributed by atoms with Crippen LogP contribution in [0, 0.1) is 0 Å². The van der Waals surface area contributed by atoms with Gasteiger partial charge in [-0.15, -0.1) is 0 Å². The number of nitrogens with two attached hydrogens (primary N) is 1. The van der Waals surface area contributed by atoms with Crippen LogP contribution < -0.4 is 16.0 Å². The van der Waals surface area contributed by atoms with Crippen LogP contribution in [0.3, 0.4) is 0 Å². The van der Waals surface area contributed by atoms with Crippen molar-refractivity contribution in [3.05, 3.63) is 30.3 Å². The van der Waals surface area contributed by atoms with Gasteiger partial charge in [0.05, 0.1) is 5.54 Å². The molecule has 1 aromatic carbocycles. The third-order valence-electron chi connectivity index (χ3n) is 3.79. The molecule has 0 aromatic heterocycles. The molecule has 4 heteroatoms. The summed E-state index contributed by atoms with van der Waals surface area (Å²) >= 11 is 0. The summed E-state index contributed by atoms with van der Waals surface area (Å²) in [5.74, 6) is -0.263. The molecular formula is C15H23N3O. The van der Waals surface area contributed by atoms with Gasteiger partial charge in [-0.3, -0.25) is 4.79 Å². The molecule has 1 unspecified atom stereocenters. The Kier molecular flexibility index (Phi) is 4.10. The SMILES string of the molecule is CN(CCC(C)(NC1CC1)C(N)=O)c1ccccc1. The van der Waals surface area contributed by atoms with Gasteiger partial charge in [0.25, 0.3) is 0 Å². The lowest BCUT2D eigenvalue weighted by Crippen LogP contribution is -2.55. The average Bonchev–Trinajstić information content (AvgIpc) is 3.20. The number of hydrogen-bond donors (Lipinski definition) is 2. The highest BCUT2D eigenvalue weighted by atomic mass is 16.1. The molecule has 1 aromatic rings. The minimum atomic E-state index is -0.607. The van der Waals surface area contributed by atoms with Crippen LogP contribution in [0.1, 0.15) is 26.2 Å². The number of carbonyl (C=O) groups excluding carboxylic acids is 1. The molecule has 3 N–H and O–H groups in total. The van der Waals surface area contributed by atoms with Gasteiger partial charge >= 0.3 is 0 Å². The summed E-state index contributed by atoms with van der Waals surface area (Å²) < 4.78 is 0. The zero-order chi connectivity index (χ0) is 13.9. The van der Waals surface area contributed by atoms with E-state index >= 15 is 0 Å². The Labute approximate surface area is 115 Å². The Morgan fingerprint density at radius 3 is 2.58 bits per heavy atom. The standard InChI is InChI=1S/C15H23N3O/c1-15(14(16)19,17-12-8-9-12)10-11-18(2)13-6-4-3-5-7-13/h3-7,12,17H,8-11H2,1-2H3,(H2,16,19). The first-order valence-electron chi connectivity index (χ1n) is 6.85. The summed E-state index contributed by atoms with van der Waals surface area (Å²) in [5, 5.41) is 3.37. The number of nitrogens with one attached hydrogen (secondary N) is 1. The number of carbonyl (C=O) groups is 1. The number of para-hydroxylation sites is 1. The number of amides is 1. The fraction of sp³-hybridized carbons (Fsp3) is 0.533. The molecular weight excluding hydrogens is 238 g/mol. The third-order valence-corrected chi connectivity index (χ3v) is 3.79. The highest BCUT2D eigenvalue weighted by molar-refractivity contribution is 5.84. The molecule has 1 fully saturated rings. The maximum Gasteiger partial charge on any atom is 0.237 e. The molecule has 0 spiro atoms. The molecule has 0 bridgehead atoms. The minimum absolute atomic E-state index is 0.263. The Hall–Kier alpha value is -1.55. The number of primary amides is 1. The minimum Gasteiger partial charge on any atom is -0.375 e. The summed E-state index contributed by atoms with van der Waals surface area (Å²) in [6, 6.07) is 10.6. The van der Waals surface area contributed by atoms with Gasteiger partial charge in [0, 0.05) is 25.3 Å². The Balaban J connectivity index is 1.93. The predicted octanol–water partition coefficient (Wildman–Crippen LogP) is 1.51. The molecule has 4 nitrogen and oxygen atoms in total. The first-order chi connectivity index (χ1) is 9.01. The molecule has 104 valence electrons. The Morgan fingerprint density at radius 2 is 2.05 bits per heavy atom. The summed E-state index contributed by atoms with van der Waals surface area (Å²) in [4.78, 5) is 13.8. The maximum absolute atomic E-state index is 11.7. The van der Waals surface area contributed by atoms with Crippen molar-refractivity contribution in [2.75, 3.05) is 18.5 Å². The van der Waals surface area contributed by atoms with Crippen LogP contribution in [0.4, 0.5) is 5.69 Å². The normalized spacial score (nSPS) is 17.8. The number of benzene rings is 1. The predicted molar refractivity (Wildman–Crippen MR) is 78.1 cm³/mol. The average molecular weight is 261 g/mol. The van der Waals surface area contributed by atoms with E-state index in [1.807, 2.05) is 32.2 Å². The van der Waals surface area contributed by atoms with Gasteiger partial charge in [0.1, 0.15) is 0 Å². The molecule has 0 heterocycles. The van der Waals surface area contributed by atoms with Crippen LogP contribution in [0.2, 0.25) is 0 Å². The van der Waals surface area contributed by atoms with E-state index in [1.165, 1.54) is 0 Å². The number of hydrogen-bond acceptors (Lipinski definition) is 3. The van der Waals surface area contributed by atoms with E-state index in [9.17, 15) is 4.79 Å². The lowest BCUT2D eigenvalue weighted by molar-refractivity contribution is -0.124. The quantitative estimate of drug-likeness (QED) is 0.782. The lowest BCUT2D eigenvalue weighted by Gasteiger charge is -2.30. The smallest absolute Gasteiger partial charge is 0.237 e. The number of nitrogens with zero attached hydrogens (tertiary/aromatic N) is 1. The lowest BCUT2D eigenvalue weighted by atomic mass is 9.96. The van der Waals surface area contributed by atoms with Gasteiger partial charge < -0.3 is 16.0 Å². The Bertz CT molecular complexity index is 430. The highest BCUT2D eigenvalue weighted by Crippen LogP contribution is 2.24. The van der Waals surface area contributed by atoms with Crippen LogP contribution in [0.15, 0.2) is 30.3 Å². The van der Waals surface area contributed by atoms with Crippen molar-refractivity contribution in [3.8, 4) is 0 Å². The summed E-state index contributed by atoms with van der Waals surface area (Å²) in [6.07, 6.45) is 3.01. The van der Waals surface area contributed by atoms with Crippen molar-refractivity contribution in [2.24, 2.45) is 5.73 Å². The van der Waals surface area contributed by atoms with E-state index in [-0.39, 0.29) is 5.91 Å². The first kappa shape index (κ1) is 13.9. The van der Waals surface area contributed by atoms with E-state index in [2.05, 4.69) is 22.3 Å². The van der Waals surface area contributed by atoms with E-state index in [4.69, 9.17) is 5.73 Å². The molecule has 19 heavy (non-hydrogen) atoms. The topological polar surface area (TPSA) is 58.4 Å². The molecule has 0 aliphatic heterocycles. The maximum atomic E-state index is 11.7. The third kappa shape index (κ3) is 3.70. The second kappa shape index (κ2) is 5.61. The Morgan fingerprint density at radius 1 is 1.42 bits per heavy atom. The van der Waals surface area contributed by atoms with Crippen molar-refractivity contribution in [1.82, 2.24) is 5.32 Å². The van der Waals surface area contributed by atoms with Gasteiger partial charge in [0.2, 0.25) is 5.91 Å². The zero-order valence-electron chi connectivity index (χ0n) is 11.7. The van der Waals surface area contributed by atoms with E-state index in [0.29, 0.717) is 12.5 Å². The van der Waals surface area contributed by atoms with Crippen molar-refractivity contribution in [2.45, 2.75) is 37.8 Å². The van der Waals surface area contributed by atoms with E-state index in [1.54, 1.807) is 0 Å². The number of anilines is 1. The number of rotatable bonds is 7. The molecule has 1 aliphatic carbocycles. The zero-order valence-corrected chi connectivity index (χ0v) is 11.7. The van der Waals surface area contributed by atoms with Crippen LogP contribution in [0.5, 0.6) is 0 Å². The monoisotopic (exact) mass is 261 g/mol. The molecule has 0 saturated heterocycles. The van der Waals surface area contributed by atoms with Gasteiger partial charge in [-0.2, -0.15) is 0 Å². The molecule has 1 amide bonds. The highest BCUT2D eigenvalue weighted by Gasteiger charge is 2.36. The van der Waals surface area contributed by atoms with Gasteiger partial charge in [-0.05, 0) is 38.3 Å². The summed E-state index contributed by atoms with van der Waals surface area (Å²) in [7, 11) is 2.04. The van der Waals surface area contributed by atoms with Crippen LogP contribution in [0.25, 0.3) is 0 Å². The van der Waals surface area contributed by atoms with Crippen molar-refractivity contribution < 1.29 is 4.79 Å². The van der Waals surface area contributed by atoms with E-state index in [0.717, 1.165) is 25.1 Å². The molecule has 1 saturated carbocycles. The van der Waals surface area contributed by atoms with E-state index < -0.39 is 5.54 Å². The van der Waals surface area contributed by atoms with Crippen molar-refractivity contribution in [1.29, 1.82) is 0 Å². The van der Waals surface area contributed by atoms with Gasteiger partial charge in [0.15, 0.2) is 0 Å². The van der Waals surface area contributed by atoms with Gasteiger partial charge in [-0.25, -0.2) is 0 Å².